The second-order valence-corrected chi connectivity index (χ2v) is 2.78. The van der Waals surface area contributed by atoms with E-state index in [1.165, 1.54) is 4.68 Å². The zero-order valence-electron chi connectivity index (χ0n) is 6.91. The standard InChI is InChI=1S/C7H13N4/c1-6(2)8-4-7-5-11(3)10-9-7/h5-6,8H,3-4H2,1-2H3. The Morgan fingerprint density at radius 2 is 2.45 bits per heavy atom. The first kappa shape index (κ1) is 8.20. The van der Waals surface area contributed by atoms with E-state index >= 15 is 0 Å². The lowest BCUT2D eigenvalue weighted by Crippen LogP contribution is -2.21. The van der Waals surface area contributed by atoms with Crippen molar-refractivity contribution in [1.29, 1.82) is 0 Å². The fourth-order valence-corrected chi connectivity index (χ4v) is 0.728. The van der Waals surface area contributed by atoms with Gasteiger partial charge in [-0.25, -0.2) is 0 Å². The molecule has 11 heavy (non-hydrogen) atoms. The molecule has 0 aliphatic rings. The molecule has 1 aromatic heterocycles. The minimum Gasteiger partial charge on any atom is -0.309 e. The molecule has 0 atom stereocenters. The van der Waals surface area contributed by atoms with Gasteiger partial charge in [0.15, 0.2) is 0 Å². The number of aromatic nitrogens is 3. The Hall–Kier alpha value is -0.900. The van der Waals surface area contributed by atoms with Gasteiger partial charge in [0.1, 0.15) is 0 Å². The van der Waals surface area contributed by atoms with Crippen LogP contribution in [0.3, 0.4) is 0 Å². The number of nitrogens with one attached hydrogen (secondary N) is 1. The van der Waals surface area contributed by atoms with Crippen LogP contribution in [0.25, 0.3) is 0 Å². The van der Waals surface area contributed by atoms with E-state index in [-0.39, 0.29) is 0 Å². The molecule has 0 aliphatic heterocycles. The quantitative estimate of drug-likeness (QED) is 0.684. The van der Waals surface area contributed by atoms with E-state index < -0.39 is 0 Å². The maximum absolute atomic E-state index is 3.88. The SMILES string of the molecule is [CH2]n1cc(CNC(C)C)nn1. The molecule has 0 aliphatic carbocycles. The molecule has 0 aromatic carbocycles. The average molecular weight is 153 g/mol. The van der Waals surface area contributed by atoms with Crippen LogP contribution in [0.1, 0.15) is 19.5 Å². The van der Waals surface area contributed by atoms with Crippen molar-refractivity contribution < 1.29 is 0 Å². The van der Waals surface area contributed by atoms with Crippen LogP contribution >= 0.6 is 0 Å². The predicted molar refractivity (Wildman–Crippen MR) is 42.8 cm³/mol. The molecule has 1 N–H and O–H groups in total. The molecule has 61 valence electrons. The molecule has 0 fully saturated rings. The first-order chi connectivity index (χ1) is 5.18. The highest BCUT2D eigenvalue weighted by Gasteiger charge is 1.97. The van der Waals surface area contributed by atoms with E-state index in [0.29, 0.717) is 6.04 Å². The van der Waals surface area contributed by atoms with E-state index in [9.17, 15) is 0 Å². The minimum atomic E-state index is 0.477. The number of hydrogen-bond donors (Lipinski definition) is 1. The molecule has 0 saturated carbocycles. The number of hydrogen-bond acceptors (Lipinski definition) is 3. The molecule has 1 aromatic rings. The zero-order valence-corrected chi connectivity index (χ0v) is 6.91. The third-order valence-electron chi connectivity index (χ3n) is 1.28. The monoisotopic (exact) mass is 153 g/mol. The molecule has 4 heteroatoms. The highest BCUT2D eigenvalue weighted by Crippen LogP contribution is 1.91. The summed E-state index contributed by atoms with van der Waals surface area (Å²) < 4.78 is 1.46. The Balaban J connectivity index is 2.39. The van der Waals surface area contributed by atoms with Gasteiger partial charge in [-0.2, -0.15) is 0 Å². The summed E-state index contributed by atoms with van der Waals surface area (Å²) >= 11 is 0. The predicted octanol–water partition coefficient (Wildman–Crippen LogP) is 0.416. The molecular formula is C7H13N4. The van der Waals surface area contributed by atoms with E-state index in [0.717, 1.165) is 12.2 Å². The third-order valence-corrected chi connectivity index (χ3v) is 1.28. The fraction of sp³-hybridized carbons (Fsp3) is 0.571. The van der Waals surface area contributed by atoms with Crippen LogP contribution in [-0.2, 0) is 6.54 Å². The summed E-state index contributed by atoms with van der Waals surface area (Å²) in [5.41, 5.74) is 0.925. The van der Waals surface area contributed by atoms with Gasteiger partial charge >= 0.3 is 0 Å². The third kappa shape index (κ3) is 2.67. The maximum atomic E-state index is 3.88. The van der Waals surface area contributed by atoms with Crippen LogP contribution in [0.5, 0.6) is 0 Å². The van der Waals surface area contributed by atoms with Crippen LogP contribution in [0.2, 0.25) is 0 Å². The highest BCUT2D eigenvalue weighted by molar-refractivity contribution is 4.91. The molecule has 0 unspecified atom stereocenters. The van der Waals surface area contributed by atoms with Crippen LogP contribution in [0, 0.1) is 7.05 Å². The van der Waals surface area contributed by atoms with Gasteiger partial charge in [0.2, 0.25) is 0 Å². The first-order valence-electron chi connectivity index (χ1n) is 3.64. The van der Waals surface area contributed by atoms with E-state index in [4.69, 9.17) is 0 Å². The molecule has 1 radical (unpaired) electrons. The summed E-state index contributed by atoms with van der Waals surface area (Å²) in [6, 6.07) is 0.477. The van der Waals surface area contributed by atoms with Crippen molar-refractivity contribution in [2.75, 3.05) is 0 Å². The minimum absolute atomic E-state index is 0.477. The average Bonchev–Trinajstić information content (AvgIpc) is 2.31. The molecule has 1 heterocycles. The zero-order chi connectivity index (χ0) is 8.27. The van der Waals surface area contributed by atoms with E-state index in [1.807, 2.05) is 0 Å². The Morgan fingerprint density at radius 1 is 1.73 bits per heavy atom. The van der Waals surface area contributed by atoms with Crippen LogP contribution in [-0.4, -0.2) is 21.0 Å². The summed E-state index contributed by atoms with van der Waals surface area (Å²) in [5.74, 6) is 0. The topological polar surface area (TPSA) is 42.7 Å². The molecule has 4 nitrogen and oxygen atoms in total. The lowest BCUT2D eigenvalue weighted by Gasteiger charge is -2.03. The number of rotatable bonds is 3. The Bertz CT molecular complexity index is 216. The largest absolute Gasteiger partial charge is 0.309 e. The van der Waals surface area contributed by atoms with Crippen molar-refractivity contribution in [3.8, 4) is 0 Å². The summed E-state index contributed by atoms with van der Waals surface area (Å²) in [7, 11) is 3.58. The molecule has 0 amide bonds. The van der Waals surface area contributed by atoms with Gasteiger partial charge in [-0.15, -0.1) is 5.10 Å². The fourth-order valence-electron chi connectivity index (χ4n) is 0.728. The van der Waals surface area contributed by atoms with Crippen LogP contribution in [0.15, 0.2) is 6.20 Å². The van der Waals surface area contributed by atoms with Gasteiger partial charge < -0.3 is 5.32 Å². The molecule has 0 spiro atoms. The Kier molecular flexibility index (Phi) is 2.59. The van der Waals surface area contributed by atoms with E-state index in [2.05, 4.69) is 36.5 Å². The second kappa shape index (κ2) is 3.48. The van der Waals surface area contributed by atoms with Gasteiger partial charge in [0.05, 0.1) is 12.7 Å². The summed E-state index contributed by atoms with van der Waals surface area (Å²) in [4.78, 5) is 0. The van der Waals surface area contributed by atoms with E-state index in [1.54, 1.807) is 6.20 Å². The van der Waals surface area contributed by atoms with Crippen LogP contribution < -0.4 is 5.32 Å². The van der Waals surface area contributed by atoms with Gasteiger partial charge in [-0.3, -0.25) is 4.68 Å². The smallest absolute Gasteiger partial charge is 0.0964 e. The van der Waals surface area contributed by atoms with Crippen molar-refractivity contribution >= 4 is 0 Å². The van der Waals surface area contributed by atoms with Crippen molar-refractivity contribution in [2.45, 2.75) is 26.4 Å². The normalized spacial score (nSPS) is 10.9. The molecule has 0 bridgehead atoms. The highest BCUT2D eigenvalue weighted by atomic mass is 15.4. The lowest BCUT2D eigenvalue weighted by atomic mass is 10.4. The summed E-state index contributed by atoms with van der Waals surface area (Å²) in [6.45, 7) is 4.94. The van der Waals surface area contributed by atoms with Gasteiger partial charge in [-0.1, -0.05) is 19.1 Å². The molecule has 1 rings (SSSR count). The summed E-state index contributed by atoms with van der Waals surface area (Å²) in [5, 5.41) is 10.8. The number of nitrogens with zero attached hydrogens (tertiary/aromatic N) is 3. The summed E-state index contributed by atoms with van der Waals surface area (Å²) in [6.07, 6.45) is 1.80. The molecule has 0 saturated heterocycles. The van der Waals surface area contributed by atoms with Crippen molar-refractivity contribution in [1.82, 2.24) is 20.3 Å². The van der Waals surface area contributed by atoms with Gasteiger partial charge in [-0.05, 0) is 0 Å². The lowest BCUT2D eigenvalue weighted by molar-refractivity contribution is 0.580. The van der Waals surface area contributed by atoms with Crippen molar-refractivity contribution in [3.63, 3.8) is 0 Å². The second-order valence-electron chi connectivity index (χ2n) is 2.78. The maximum Gasteiger partial charge on any atom is 0.0964 e. The molecular weight excluding hydrogens is 140 g/mol. The van der Waals surface area contributed by atoms with Crippen LogP contribution in [0.4, 0.5) is 0 Å². The Labute approximate surface area is 66.6 Å². The Morgan fingerprint density at radius 3 is 2.91 bits per heavy atom. The van der Waals surface area contributed by atoms with Gasteiger partial charge in [0.25, 0.3) is 0 Å². The van der Waals surface area contributed by atoms with Crippen molar-refractivity contribution in [3.05, 3.63) is 18.9 Å². The first-order valence-corrected chi connectivity index (χ1v) is 3.64. The van der Waals surface area contributed by atoms with Gasteiger partial charge in [0, 0.05) is 18.8 Å². The van der Waals surface area contributed by atoms with Crippen molar-refractivity contribution in [2.24, 2.45) is 0 Å².